The fraction of sp³-hybridized carbons (Fsp3) is 0. The highest BCUT2D eigenvalue weighted by molar-refractivity contribution is 5.85. The van der Waals surface area contributed by atoms with E-state index in [0.29, 0.717) is 0 Å². The van der Waals surface area contributed by atoms with Crippen molar-refractivity contribution < 1.29 is 0 Å². The van der Waals surface area contributed by atoms with Crippen LogP contribution in [0.25, 0.3) is 55.6 Å². The first-order valence-corrected chi connectivity index (χ1v) is 21.2. The first-order chi connectivity index (χ1) is 30.7. The van der Waals surface area contributed by atoms with Crippen LogP contribution in [0, 0.1) is 0 Å². The SMILES string of the molecule is c1ccc(-c2ccc(N(c3ccc(-c4ccccc4)cc3)c3cccc(-c4cccc(N(c5ccc(-c6ccccc6)cc5)c5ccc(-c6ccccc6)cc5)c4)c3)cc2)cc1. The lowest BCUT2D eigenvalue weighted by Crippen LogP contribution is -2.10. The molecule has 0 aliphatic heterocycles. The second-order valence-electron chi connectivity index (χ2n) is 15.4. The van der Waals surface area contributed by atoms with Crippen LogP contribution in [-0.4, -0.2) is 0 Å². The maximum Gasteiger partial charge on any atom is 0.0467 e. The van der Waals surface area contributed by atoms with Crippen molar-refractivity contribution in [3.05, 3.63) is 267 Å². The fourth-order valence-electron chi connectivity index (χ4n) is 8.28. The Morgan fingerprint density at radius 2 is 0.355 bits per heavy atom. The molecule has 0 aliphatic carbocycles. The normalized spacial score (nSPS) is 10.9. The Bertz CT molecular complexity index is 2620. The molecule has 0 radical (unpaired) electrons. The summed E-state index contributed by atoms with van der Waals surface area (Å²) < 4.78 is 0. The number of anilines is 6. The van der Waals surface area contributed by atoms with Gasteiger partial charge in [-0.2, -0.15) is 0 Å². The monoisotopic (exact) mass is 792 g/mol. The summed E-state index contributed by atoms with van der Waals surface area (Å²) >= 11 is 0. The lowest BCUT2D eigenvalue weighted by atomic mass is 10.0. The molecule has 0 unspecified atom stereocenters. The van der Waals surface area contributed by atoms with Gasteiger partial charge in [0.1, 0.15) is 0 Å². The van der Waals surface area contributed by atoms with Crippen LogP contribution in [0.2, 0.25) is 0 Å². The van der Waals surface area contributed by atoms with Crippen molar-refractivity contribution >= 4 is 34.1 Å². The van der Waals surface area contributed by atoms with Crippen LogP contribution in [-0.2, 0) is 0 Å². The van der Waals surface area contributed by atoms with Gasteiger partial charge in [-0.3, -0.25) is 0 Å². The molecule has 62 heavy (non-hydrogen) atoms. The van der Waals surface area contributed by atoms with Crippen LogP contribution in [0.4, 0.5) is 34.1 Å². The Morgan fingerprint density at radius 3 is 0.597 bits per heavy atom. The van der Waals surface area contributed by atoms with E-state index >= 15 is 0 Å². The van der Waals surface area contributed by atoms with Gasteiger partial charge in [0.2, 0.25) is 0 Å². The standard InChI is InChI=1S/C60H44N2/c1-5-15-45(16-6-1)49-27-35-55(36-28-49)61(56-37-29-50(30-38-56)46-17-7-2-8-18-46)59-25-13-23-53(43-59)54-24-14-26-60(44-54)62(57-39-31-51(32-40-57)47-19-9-3-10-20-47)58-41-33-52(34-42-58)48-21-11-4-12-22-48/h1-44H. The Balaban J connectivity index is 1.03. The fourth-order valence-corrected chi connectivity index (χ4v) is 8.28. The predicted molar refractivity (Wildman–Crippen MR) is 263 cm³/mol. The van der Waals surface area contributed by atoms with Gasteiger partial charge in [-0.25, -0.2) is 0 Å². The van der Waals surface area contributed by atoms with E-state index in [0.717, 1.165) is 45.3 Å². The summed E-state index contributed by atoms with van der Waals surface area (Å²) in [5.41, 5.74) is 18.4. The quantitative estimate of drug-likeness (QED) is 0.129. The average molecular weight is 793 g/mol. The summed E-state index contributed by atoms with van der Waals surface area (Å²) in [5.74, 6) is 0. The van der Waals surface area contributed by atoms with Crippen molar-refractivity contribution in [1.82, 2.24) is 0 Å². The van der Waals surface area contributed by atoms with E-state index < -0.39 is 0 Å². The lowest BCUT2D eigenvalue weighted by Gasteiger charge is -2.27. The van der Waals surface area contributed by atoms with Crippen molar-refractivity contribution in [2.75, 3.05) is 9.80 Å². The number of nitrogens with zero attached hydrogens (tertiary/aromatic N) is 2. The first kappa shape index (κ1) is 38.0. The molecule has 10 aromatic carbocycles. The summed E-state index contributed by atoms with van der Waals surface area (Å²) in [6.07, 6.45) is 0. The Kier molecular flexibility index (Phi) is 10.8. The molecule has 0 heterocycles. The molecule has 0 atom stereocenters. The second-order valence-corrected chi connectivity index (χ2v) is 15.4. The van der Waals surface area contributed by atoms with Crippen LogP contribution in [0.15, 0.2) is 267 Å². The Hall–Kier alpha value is -8.20. The number of benzene rings is 10. The van der Waals surface area contributed by atoms with Gasteiger partial charge in [0.05, 0.1) is 0 Å². The van der Waals surface area contributed by atoms with Gasteiger partial charge in [0.15, 0.2) is 0 Å². The zero-order valence-electron chi connectivity index (χ0n) is 34.3. The van der Waals surface area contributed by atoms with Crippen molar-refractivity contribution in [2.24, 2.45) is 0 Å². The topological polar surface area (TPSA) is 6.48 Å². The molecule has 0 N–H and O–H groups in total. The smallest absolute Gasteiger partial charge is 0.0467 e. The van der Waals surface area contributed by atoms with Gasteiger partial charge >= 0.3 is 0 Å². The van der Waals surface area contributed by atoms with Crippen molar-refractivity contribution in [2.45, 2.75) is 0 Å². The number of hydrogen-bond acceptors (Lipinski definition) is 2. The van der Waals surface area contributed by atoms with Crippen LogP contribution < -0.4 is 9.80 Å². The molecule has 0 bridgehead atoms. The highest BCUT2D eigenvalue weighted by atomic mass is 15.1. The largest absolute Gasteiger partial charge is 0.310 e. The summed E-state index contributed by atoms with van der Waals surface area (Å²) in [6.45, 7) is 0. The van der Waals surface area contributed by atoms with Crippen LogP contribution >= 0.6 is 0 Å². The molecule has 2 nitrogen and oxygen atoms in total. The van der Waals surface area contributed by atoms with Crippen molar-refractivity contribution in [3.63, 3.8) is 0 Å². The van der Waals surface area contributed by atoms with E-state index in [-0.39, 0.29) is 0 Å². The Labute approximate surface area is 364 Å². The van der Waals surface area contributed by atoms with Crippen molar-refractivity contribution in [3.8, 4) is 55.6 Å². The van der Waals surface area contributed by atoms with Gasteiger partial charge in [-0.05, 0) is 128 Å². The van der Waals surface area contributed by atoms with Gasteiger partial charge in [-0.1, -0.05) is 194 Å². The predicted octanol–water partition coefficient (Wildman–Crippen LogP) is 17.0. The van der Waals surface area contributed by atoms with Gasteiger partial charge in [0, 0.05) is 34.1 Å². The Morgan fingerprint density at radius 1 is 0.145 bits per heavy atom. The van der Waals surface area contributed by atoms with Crippen LogP contribution in [0.1, 0.15) is 0 Å². The molecule has 2 heteroatoms. The molecule has 0 saturated carbocycles. The molecule has 10 rings (SSSR count). The molecule has 294 valence electrons. The molecule has 0 aromatic heterocycles. The minimum Gasteiger partial charge on any atom is -0.310 e. The van der Waals surface area contributed by atoms with Crippen LogP contribution in [0.5, 0.6) is 0 Å². The van der Waals surface area contributed by atoms with E-state index in [1.165, 1.54) is 44.5 Å². The maximum atomic E-state index is 2.35. The van der Waals surface area contributed by atoms with Crippen molar-refractivity contribution in [1.29, 1.82) is 0 Å². The van der Waals surface area contributed by atoms with E-state index in [1.54, 1.807) is 0 Å². The number of hydrogen-bond donors (Lipinski definition) is 0. The highest BCUT2D eigenvalue weighted by Crippen LogP contribution is 2.41. The molecule has 0 fully saturated rings. The molecule has 0 amide bonds. The first-order valence-electron chi connectivity index (χ1n) is 21.2. The molecule has 0 spiro atoms. The molecule has 0 saturated heterocycles. The maximum absolute atomic E-state index is 2.35. The molecular weight excluding hydrogens is 749 g/mol. The van der Waals surface area contributed by atoms with Gasteiger partial charge < -0.3 is 9.80 Å². The zero-order valence-corrected chi connectivity index (χ0v) is 34.3. The lowest BCUT2D eigenvalue weighted by molar-refractivity contribution is 1.28. The minimum absolute atomic E-state index is 1.08. The van der Waals surface area contributed by atoms with Gasteiger partial charge in [0.25, 0.3) is 0 Å². The third-order valence-corrected chi connectivity index (χ3v) is 11.5. The number of rotatable bonds is 11. The summed E-state index contributed by atoms with van der Waals surface area (Å²) in [5, 5.41) is 0. The molecule has 0 aliphatic rings. The van der Waals surface area contributed by atoms with E-state index in [2.05, 4.69) is 277 Å². The second kappa shape index (κ2) is 17.6. The summed E-state index contributed by atoms with van der Waals surface area (Å²) in [4.78, 5) is 4.71. The molecular formula is C60H44N2. The minimum atomic E-state index is 1.08. The highest BCUT2D eigenvalue weighted by Gasteiger charge is 2.17. The third-order valence-electron chi connectivity index (χ3n) is 11.5. The summed E-state index contributed by atoms with van der Waals surface area (Å²) in [6, 6.07) is 95.6. The molecule has 10 aromatic rings. The van der Waals surface area contributed by atoms with E-state index in [9.17, 15) is 0 Å². The van der Waals surface area contributed by atoms with Crippen LogP contribution in [0.3, 0.4) is 0 Å². The summed E-state index contributed by atoms with van der Waals surface area (Å²) in [7, 11) is 0. The van der Waals surface area contributed by atoms with E-state index in [1.807, 2.05) is 0 Å². The average Bonchev–Trinajstić information content (AvgIpc) is 3.36. The van der Waals surface area contributed by atoms with E-state index in [4.69, 9.17) is 0 Å². The zero-order chi connectivity index (χ0) is 41.5. The third kappa shape index (κ3) is 8.18. The van der Waals surface area contributed by atoms with Gasteiger partial charge in [-0.15, -0.1) is 0 Å².